The molecule has 1 amide bonds. The second-order valence-corrected chi connectivity index (χ2v) is 5.86. The molecule has 9 heteroatoms. The lowest BCUT2D eigenvalue weighted by Gasteiger charge is -2.18. The van der Waals surface area contributed by atoms with Crippen LogP contribution in [0.15, 0.2) is 42.5 Å². The number of carbonyl (C=O) groups excluding carboxylic acids is 1. The second-order valence-electron chi connectivity index (χ2n) is 5.86. The first kappa shape index (κ1) is 20.6. The lowest BCUT2D eigenvalue weighted by Crippen LogP contribution is -2.30. The second kappa shape index (κ2) is 7.50. The first-order valence-corrected chi connectivity index (χ1v) is 7.70. The maximum absolute atomic E-state index is 12.8. The van der Waals surface area contributed by atoms with Gasteiger partial charge in [0.25, 0.3) is 5.91 Å². The maximum Gasteiger partial charge on any atom is 0.416 e. The Balaban J connectivity index is 2.21. The van der Waals surface area contributed by atoms with Crippen LogP contribution in [0.5, 0.6) is 5.75 Å². The van der Waals surface area contributed by atoms with Crippen LogP contribution in [0.25, 0.3) is 0 Å². The molecule has 27 heavy (non-hydrogen) atoms. The minimum Gasteiger partial charge on any atom is -0.481 e. The average molecular weight is 391 g/mol. The predicted octanol–water partition coefficient (Wildman–Crippen LogP) is 5.44. The highest BCUT2D eigenvalue weighted by molar-refractivity contribution is 5.94. The van der Waals surface area contributed by atoms with Gasteiger partial charge in [-0.1, -0.05) is 17.7 Å². The lowest BCUT2D eigenvalue weighted by molar-refractivity contribution is -0.143. The van der Waals surface area contributed by atoms with E-state index in [0.29, 0.717) is 17.8 Å². The van der Waals surface area contributed by atoms with Crippen molar-refractivity contribution in [3.05, 3.63) is 59.2 Å². The normalized spacial score (nSPS) is 13.2. The molecule has 146 valence electrons. The number of amides is 1. The summed E-state index contributed by atoms with van der Waals surface area (Å²) in [4.78, 5) is 12.1. The van der Waals surface area contributed by atoms with Crippen molar-refractivity contribution in [2.24, 2.45) is 0 Å². The molecule has 0 spiro atoms. The molecule has 2 aromatic rings. The highest BCUT2D eigenvalue weighted by Gasteiger charge is 2.37. The summed E-state index contributed by atoms with van der Waals surface area (Å²) in [6.45, 7) is 3.06. The summed E-state index contributed by atoms with van der Waals surface area (Å²) in [5, 5.41) is 2.47. The van der Waals surface area contributed by atoms with Gasteiger partial charge in [0.15, 0.2) is 6.10 Å². The van der Waals surface area contributed by atoms with Crippen LogP contribution in [-0.2, 0) is 17.1 Å². The molecular formula is C18H15F6NO2. The van der Waals surface area contributed by atoms with Gasteiger partial charge in [-0.05, 0) is 44.2 Å². The molecule has 0 aromatic heterocycles. The van der Waals surface area contributed by atoms with Crippen LogP contribution >= 0.6 is 0 Å². The van der Waals surface area contributed by atoms with E-state index in [9.17, 15) is 31.1 Å². The smallest absolute Gasteiger partial charge is 0.416 e. The number of ether oxygens (including phenoxy) is 1. The van der Waals surface area contributed by atoms with Crippen molar-refractivity contribution in [1.29, 1.82) is 0 Å². The number of alkyl halides is 6. The average Bonchev–Trinajstić information content (AvgIpc) is 2.55. The zero-order valence-corrected chi connectivity index (χ0v) is 14.2. The van der Waals surface area contributed by atoms with Crippen LogP contribution in [0.1, 0.15) is 23.6 Å². The fourth-order valence-electron chi connectivity index (χ4n) is 2.13. The predicted molar refractivity (Wildman–Crippen MR) is 86.3 cm³/mol. The van der Waals surface area contributed by atoms with E-state index in [1.54, 1.807) is 24.3 Å². The van der Waals surface area contributed by atoms with Gasteiger partial charge >= 0.3 is 12.4 Å². The van der Waals surface area contributed by atoms with E-state index >= 15 is 0 Å². The van der Waals surface area contributed by atoms with Gasteiger partial charge < -0.3 is 10.1 Å². The molecule has 0 saturated carbocycles. The van der Waals surface area contributed by atoms with Crippen LogP contribution in [0.4, 0.5) is 32.0 Å². The van der Waals surface area contributed by atoms with Gasteiger partial charge in [0.05, 0.1) is 11.1 Å². The molecule has 3 nitrogen and oxygen atoms in total. The van der Waals surface area contributed by atoms with E-state index in [0.717, 1.165) is 5.56 Å². The van der Waals surface area contributed by atoms with E-state index in [1.807, 2.05) is 6.92 Å². The molecular weight excluding hydrogens is 376 g/mol. The Bertz CT molecular complexity index is 780. The summed E-state index contributed by atoms with van der Waals surface area (Å²) in [5.74, 6) is -1.42. The monoisotopic (exact) mass is 391 g/mol. The highest BCUT2D eigenvalue weighted by atomic mass is 19.4. The van der Waals surface area contributed by atoms with E-state index in [4.69, 9.17) is 4.74 Å². The lowest BCUT2D eigenvalue weighted by atomic mass is 10.1. The quantitative estimate of drug-likeness (QED) is 0.705. The topological polar surface area (TPSA) is 38.3 Å². The van der Waals surface area contributed by atoms with Crippen molar-refractivity contribution in [3.63, 3.8) is 0 Å². The third-order valence-corrected chi connectivity index (χ3v) is 3.56. The number of hydrogen-bond donors (Lipinski definition) is 1. The largest absolute Gasteiger partial charge is 0.481 e. The van der Waals surface area contributed by atoms with Gasteiger partial charge in [-0.25, -0.2) is 0 Å². The third kappa shape index (κ3) is 5.63. The highest BCUT2D eigenvalue weighted by Crippen LogP contribution is 2.38. The van der Waals surface area contributed by atoms with Crippen LogP contribution in [-0.4, -0.2) is 12.0 Å². The molecule has 0 aliphatic rings. The van der Waals surface area contributed by atoms with Crippen molar-refractivity contribution in [2.75, 3.05) is 5.32 Å². The number of halogens is 6. The van der Waals surface area contributed by atoms with Crippen molar-refractivity contribution in [1.82, 2.24) is 0 Å². The van der Waals surface area contributed by atoms with Gasteiger partial charge in [-0.3, -0.25) is 4.79 Å². The Morgan fingerprint density at radius 3 is 1.85 bits per heavy atom. The fourth-order valence-corrected chi connectivity index (χ4v) is 2.13. The molecule has 0 aliphatic heterocycles. The fraction of sp³-hybridized carbons (Fsp3) is 0.278. The summed E-state index contributed by atoms with van der Waals surface area (Å²) < 4.78 is 82.1. The third-order valence-electron chi connectivity index (χ3n) is 3.56. The van der Waals surface area contributed by atoms with Crippen LogP contribution in [0.2, 0.25) is 0 Å². The number of nitrogens with one attached hydrogen (secondary N) is 1. The first-order chi connectivity index (χ1) is 12.4. The van der Waals surface area contributed by atoms with Gasteiger partial charge in [-0.2, -0.15) is 26.3 Å². The Hall–Kier alpha value is -2.71. The van der Waals surface area contributed by atoms with Crippen molar-refractivity contribution < 1.29 is 35.9 Å². The molecule has 0 radical (unpaired) electrons. The summed E-state index contributed by atoms with van der Waals surface area (Å²) in [6, 6.07) is 7.49. The van der Waals surface area contributed by atoms with E-state index < -0.39 is 41.2 Å². The van der Waals surface area contributed by atoms with Crippen molar-refractivity contribution in [2.45, 2.75) is 32.3 Å². The zero-order chi connectivity index (χ0) is 20.4. The Morgan fingerprint density at radius 2 is 1.41 bits per heavy atom. The summed E-state index contributed by atoms with van der Waals surface area (Å²) in [5.41, 5.74) is -1.67. The molecule has 0 aliphatic carbocycles. The molecule has 1 atom stereocenters. The van der Waals surface area contributed by atoms with Gasteiger partial charge in [-0.15, -0.1) is 0 Å². The van der Waals surface area contributed by atoms with Gasteiger partial charge in [0, 0.05) is 5.69 Å². The van der Waals surface area contributed by atoms with Gasteiger partial charge in [0.1, 0.15) is 5.75 Å². The maximum atomic E-state index is 12.8. The Labute approximate surface area is 150 Å². The summed E-state index contributed by atoms with van der Waals surface area (Å²) in [7, 11) is 0. The number of carbonyl (C=O) groups is 1. The van der Waals surface area contributed by atoms with Crippen molar-refractivity contribution in [3.8, 4) is 5.75 Å². The molecule has 2 aromatic carbocycles. The molecule has 2 rings (SSSR count). The van der Waals surface area contributed by atoms with E-state index in [-0.39, 0.29) is 6.07 Å². The van der Waals surface area contributed by atoms with Gasteiger partial charge in [0.2, 0.25) is 0 Å². The first-order valence-electron chi connectivity index (χ1n) is 7.70. The number of rotatable bonds is 4. The van der Waals surface area contributed by atoms with Crippen molar-refractivity contribution >= 4 is 11.6 Å². The number of hydrogen-bond acceptors (Lipinski definition) is 2. The minimum atomic E-state index is -4.99. The molecule has 0 saturated heterocycles. The molecule has 0 unspecified atom stereocenters. The molecule has 0 fully saturated rings. The molecule has 1 N–H and O–H groups in total. The summed E-state index contributed by atoms with van der Waals surface area (Å²) in [6.07, 6.45) is -11.3. The standard InChI is InChI=1S/C18H15F6NO2/c1-10-3-5-14(6-4-10)25-16(26)11(2)27-15-8-12(17(19,20)21)7-13(9-15)18(22,23)24/h3-9,11H,1-2H3,(H,25,26)/t11-/m0/s1. The molecule has 0 bridgehead atoms. The van der Waals surface area contributed by atoms with Crippen LogP contribution in [0, 0.1) is 6.92 Å². The zero-order valence-electron chi connectivity index (χ0n) is 14.2. The van der Waals surface area contributed by atoms with E-state index in [2.05, 4.69) is 5.32 Å². The number of aryl methyl sites for hydroxylation is 1. The van der Waals surface area contributed by atoms with Crippen LogP contribution in [0.3, 0.4) is 0 Å². The number of anilines is 1. The Morgan fingerprint density at radius 1 is 0.926 bits per heavy atom. The van der Waals surface area contributed by atoms with Crippen LogP contribution < -0.4 is 10.1 Å². The Kier molecular flexibility index (Phi) is 5.72. The minimum absolute atomic E-state index is 0.0100. The van der Waals surface area contributed by atoms with E-state index in [1.165, 1.54) is 6.92 Å². The summed E-state index contributed by atoms with van der Waals surface area (Å²) >= 11 is 0. The number of benzene rings is 2. The SMILES string of the molecule is Cc1ccc(NC(=O)[C@H](C)Oc2cc(C(F)(F)F)cc(C(F)(F)F)c2)cc1. The molecule has 0 heterocycles.